The highest BCUT2D eigenvalue weighted by Crippen LogP contribution is 2.45. The quantitative estimate of drug-likeness (QED) is 0.805. The topological polar surface area (TPSA) is 43.2 Å². The molecule has 2 aromatic rings. The van der Waals surface area contributed by atoms with Gasteiger partial charge in [0.2, 0.25) is 0 Å². The third-order valence-electron chi connectivity index (χ3n) is 5.96. The molecule has 0 N–H and O–H groups in total. The number of nitrogens with zero attached hydrogens (tertiary/aromatic N) is 4. The van der Waals surface area contributed by atoms with Crippen molar-refractivity contribution in [3.8, 4) is 6.07 Å². The number of aryl methyl sites for hydroxylation is 1. The maximum atomic E-state index is 9.26. The van der Waals surface area contributed by atoms with Crippen LogP contribution in [0, 0.1) is 11.3 Å². The van der Waals surface area contributed by atoms with Gasteiger partial charge in [0.15, 0.2) is 0 Å². The van der Waals surface area contributed by atoms with E-state index in [9.17, 15) is 5.26 Å². The van der Waals surface area contributed by atoms with E-state index in [1.54, 1.807) is 6.20 Å². The van der Waals surface area contributed by atoms with Crippen LogP contribution in [0.3, 0.4) is 0 Å². The molecule has 1 saturated carbocycles. The third-order valence-corrected chi connectivity index (χ3v) is 5.96. The molecule has 4 heteroatoms. The van der Waals surface area contributed by atoms with Crippen LogP contribution >= 0.6 is 0 Å². The lowest BCUT2D eigenvalue weighted by atomic mass is 10.0. The third kappa shape index (κ3) is 3.80. The summed E-state index contributed by atoms with van der Waals surface area (Å²) in [5, 5.41) is 9.26. The zero-order chi connectivity index (χ0) is 17.8. The number of piperazine rings is 1. The van der Waals surface area contributed by atoms with Crippen LogP contribution in [0.5, 0.6) is 0 Å². The van der Waals surface area contributed by atoms with Gasteiger partial charge in [0, 0.05) is 44.5 Å². The first-order valence-electron chi connectivity index (χ1n) is 9.64. The molecule has 2 fully saturated rings. The van der Waals surface area contributed by atoms with E-state index in [-0.39, 0.29) is 0 Å². The number of hydrogen-bond donors (Lipinski definition) is 0. The van der Waals surface area contributed by atoms with Gasteiger partial charge in [-0.25, -0.2) is 0 Å². The SMILES string of the molecule is N#Cc1cccnc1CCC1(N2CCN(Cc3ccccc3)CC2)CC1. The molecule has 26 heavy (non-hydrogen) atoms. The molecule has 1 aliphatic carbocycles. The van der Waals surface area contributed by atoms with Crippen molar-refractivity contribution >= 4 is 0 Å². The molecule has 0 atom stereocenters. The number of aromatic nitrogens is 1. The largest absolute Gasteiger partial charge is 0.297 e. The Bertz CT molecular complexity index is 768. The predicted octanol–water partition coefficient (Wildman–Crippen LogP) is 3.24. The van der Waals surface area contributed by atoms with Gasteiger partial charge in [-0.05, 0) is 43.4 Å². The van der Waals surface area contributed by atoms with Crippen LogP contribution in [-0.4, -0.2) is 46.5 Å². The van der Waals surface area contributed by atoms with Crippen LogP contribution in [-0.2, 0) is 13.0 Å². The number of hydrogen-bond acceptors (Lipinski definition) is 4. The van der Waals surface area contributed by atoms with E-state index in [0.29, 0.717) is 5.54 Å². The normalized spacial score (nSPS) is 19.8. The molecule has 0 spiro atoms. The molecule has 1 aliphatic heterocycles. The Morgan fingerprint density at radius 1 is 1.00 bits per heavy atom. The highest BCUT2D eigenvalue weighted by molar-refractivity contribution is 5.32. The fraction of sp³-hybridized carbons (Fsp3) is 0.455. The lowest BCUT2D eigenvalue weighted by Gasteiger charge is -2.40. The van der Waals surface area contributed by atoms with E-state index < -0.39 is 0 Å². The number of pyridine rings is 1. The van der Waals surface area contributed by atoms with Crippen molar-refractivity contribution < 1.29 is 0 Å². The number of nitriles is 1. The zero-order valence-electron chi connectivity index (χ0n) is 15.3. The van der Waals surface area contributed by atoms with E-state index >= 15 is 0 Å². The minimum absolute atomic E-state index is 0.364. The molecular weight excluding hydrogens is 320 g/mol. The van der Waals surface area contributed by atoms with Gasteiger partial charge in [0.1, 0.15) is 6.07 Å². The standard InChI is InChI=1S/C22H26N4/c23-17-20-7-4-12-24-21(20)8-9-22(10-11-22)26-15-13-25(14-16-26)18-19-5-2-1-3-6-19/h1-7,12H,8-11,13-16,18H2. The van der Waals surface area contributed by atoms with Crippen molar-refractivity contribution in [2.24, 2.45) is 0 Å². The van der Waals surface area contributed by atoms with Crippen LogP contribution in [0.4, 0.5) is 0 Å². The van der Waals surface area contributed by atoms with E-state index in [0.717, 1.165) is 56.8 Å². The second-order valence-corrected chi connectivity index (χ2v) is 7.58. The van der Waals surface area contributed by atoms with Crippen LogP contribution in [0.1, 0.15) is 36.1 Å². The van der Waals surface area contributed by atoms with Crippen molar-refractivity contribution in [2.75, 3.05) is 26.2 Å². The molecule has 134 valence electrons. The number of benzene rings is 1. The van der Waals surface area contributed by atoms with Crippen LogP contribution in [0.25, 0.3) is 0 Å². The van der Waals surface area contributed by atoms with Crippen molar-refractivity contribution in [1.29, 1.82) is 5.26 Å². The van der Waals surface area contributed by atoms with Crippen molar-refractivity contribution in [1.82, 2.24) is 14.8 Å². The summed E-state index contributed by atoms with van der Waals surface area (Å²) in [7, 11) is 0. The van der Waals surface area contributed by atoms with Gasteiger partial charge >= 0.3 is 0 Å². The first kappa shape index (κ1) is 17.2. The van der Waals surface area contributed by atoms with Crippen LogP contribution in [0.2, 0.25) is 0 Å². The van der Waals surface area contributed by atoms with E-state index in [1.165, 1.54) is 18.4 Å². The summed E-state index contributed by atoms with van der Waals surface area (Å²) in [6, 6.07) is 16.8. The second-order valence-electron chi connectivity index (χ2n) is 7.58. The van der Waals surface area contributed by atoms with E-state index in [2.05, 4.69) is 51.2 Å². The highest BCUT2D eigenvalue weighted by atomic mass is 15.3. The summed E-state index contributed by atoms with van der Waals surface area (Å²) < 4.78 is 0. The smallest absolute Gasteiger partial charge is 0.101 e. The molecule has 4 nitrogen and oxygen atoms in total. The Hall–Kier alpha value is -2.22. The van der Waals surface area contributed by atoms with Crippen LogP contribution in [0.15, 0.2) is 48.7 Å². The Morgan fingerprint density at radius 2 is 1.77 bits per heavy atom. The molecule has 2 aliphatic rings. The van der Waals surface area contributed by atoms with Gasteiger partial charge < -0.3 is 0 Å². The summed E-state index contributed by atoms with van der Waals surface area (Å²) >= 11 is 0. The first-order chi connectivity index (χ1) is 12.8. The van der Waals surface area contributed by atoms with Gasteiger partial charge in [-0.15, -0.1) is 0 Å². The van der Waals surface area contributed by atoms with E-state index in [1.807, 2.05) is 12.1 Å². The van der Waals surface area contributed by atoms with E-state index in [4.69, 9.17) is 0 Å². The lowest BCUT2D eigenvalue weighted by molar-refractivity contribution is 0.0767. The summed E-state index contributed by atoms with van der Waals surface area (Å²) in [5.74, 6) is 0. The molecule has 0 radical (unpaired) electrons. The molecule has 4 rings (SSSR count). The minimum atomic E-state index is 0.364. The fourth-order valence-corrected chi connectivity index (χ4v) is 4.18. The molecule has 0 bridgehead atoms. The average molecular weight is 346 g/mol. The number of rotatable bonds is 6. The highest BCUT2D eigenvalue weighted by Gasteiger charge is 2.47. The summed E-state index contributed by atoms with van der Waals surface area (Å²) in [5.41, 5.74) is 3.46. The summed E-state index contributed by atoms with van der Waals surface area (Å²) in [6.45, 7) is 5.65. The maximum Gasteiger partial charge on any atom is 0.101 e. The molecule has 0 unspecified atom stereocenters. The minimum Gasteiger partial charge on any atom is -0.297 e. The monoisotopic (exact) mass is 346 g/mol. The Kier molecular flexibility index (Phi) is 5.01. The molecule has 1 aromatic heterocycles. The summed E-state index contributed by atoms with van der Waals surface area (Å²) in [4.78, 5) is 9.70. The van der Waals surface area contributed by atoms with Gasteiger partial charge in [0.25, 0.3) is 0 Å². The second kappa shape index (κ2) is 7.57. The molecule has 1 aromatic carbocycles. The fourth-order valence-electron chi connectivity index (χ4n) is 4.18. The average Bonchev–Trinajstić information content (AvgIpc) is 3.49. The van der Waals surface area contributed by atoms with Crippen molar-refractivity contribution in [2.45, 2.75) is 37.8 Å². The lowest BCUT2D eigenvalue weighted by Crippen LogP contribution is -2.51. The zero-order valence-corrected chi connectivity index (χ0v) is 15.3. The van der Waals surface area contributed by atoms with Gasteiger partial charge in [-0.1, -0.05) is 30.3 Å². The maximum absolute atomic E-state index is 9.26. The Labute approximate surface area is 156 Å². The summed E-state index contributed by atoms with van der Waals surface area (Å²) in [6.07, 6.45) is 6.42. The Morgan fingerprint density at radius 3 is 2.46 bits per heavy atom. The molecule has 2 heterocycles. The molecular formula is C22H26N4. The molecule has 0 amide bonds. The molecule has 1 saturated heterocycles. The van der Waals surface area contributed by atoms with Gasteiger partial charge in [0.05, 0.1) is 11.3 Å². The predicted molar refractivity (Wildman–Crippen MR) is 103 cm³/mol. The van der Waals surface area contributed by atoms with Crippen molar-refractivity contribution in [3.05, 3.63) is 65.5 Å². The van der Waals surface area contributed by atoms with Gasteiger partial charge in [-0.2, -0.15) is 5.26 Å². The first-order valence-corrected chi connectivity index (χ1v) is 9.64. The van der Waals surface area contributed by atoms with Crippen molar-refractivity contribution in [3.63, 3.8) is 0 Å². The Balaban J connectivity index is 1.30. The van der Waals surface area contributed by atoms with Crippen LogP contribution < -0.4 is 0 Å². The van der Waals surface area contributed by atoms with Gasteiger partial charge in [-0.3, -0.25) is 14.8 Å².